The van der Waals surface area contributed by atoms with Crippen LogP contribution >= 0.6 is 27.7 Å². The third-order valence-electron chi connectivity index (χ3n) is 9.15. The van der Waals surface area contributed by atoms with Crippen molar-refractivity contribution >= 4 is 62.1 Å². The predicted octanol–water partition coefficient (Wildman–Crippen LogP) is 3.86. The fourth-order valence-electron chi connectivity index (χ4n) is 7.29. The highest BCUT2D eigenvalue weighted by atomic mass is 79.9. The summed E-state index contributed by atoms with van der Waals surface area (Å²) in [7, 11) is 0. The lowest BCUT2D eigenvalue weighted by atomic mass is 9.70. The van der Waals surface area contributed by atoms with E-state index in [0.717, 1.165) is 16.7 Å². The molecule has 2 aromatic carbocycles. The maximum Gasteiger partial charge on any atom is 0.248 e. The summed E-state index contributed by atoms with van der Waals surface area (Å²) in [6.45, 7) is 8.78. The second-order valence-corrected chi connectivity index (χ2v) is 14.5. The van der Waals surface area contributed by atoms with Crippen LogP contribution in [0.15, 0.2) is 79.9 Å². The Hall–Kier alpha value is -3.48. The molecule has 12 heteroatoms. The largest absolute Gasteiger partial charge is 0.396 e. The van der Waals surface area contributed by atoms with Crippen LogP contribution in [0.3, 0.4) is 0 Å². The maximum atomic E-state index is 14.8. The van der Waals surface area contributed by atoms with Crippen molar-refractivity contribution in [3.05, 3.63) is 79.9 Å². The lowest BCUT2D eigenvalue weighted by molar-refractivity contribution is -0.143. The molecule has 3 fully saturated rings. The number of halogens is 1. The number of aromatic nitrogens is 3. The number of carbonyl (C=O) groups excluding carboxylic acids is 3. The Morgan fingerprint density at radius 3 is 2.53 bits per heavy atom. The van der Waals surface area contributed by atoms with Gasteiger partial charge in [-0.1, -0.05) is 63.6 Å². The number of para-hydroxylation sites is 2. The number of fused-ring (bicyclic) bond motifs is 2. The fraction of sp³-hybridized carbons (Fsp3) is 0.424. The first-order valence-electron chi connectivity index (χ1n) is 15.2. The summed E-state index contributed by atoms with van der Waals surface area (Å²) in [5.74, 6) is -1.79. The number of unbranched alkanes of at least 4 members (excludes halogenated alkanes) is 1. The molecule has 236 valence electrons. The standard InChI is InChI=1S/C33H37BrN6O4S/c1-3-16-37(21-40-25-15-9-8-14-24(25)35-36-40)32(44)29-33-20-23(34)28(45-33)26(27(33)31(43)39(29)18-10-11-19-41)30(42)38(17-4-2)22-12-6-5-7-13-22/h3-9,12-15,23,26-29,41H,1-2,10-11,16-21H2/t23?,26-,27+,28-,29?,33?/m1/s1. The molecule has 45 heavy (non-hydrogen) atoms. The van der Waals surface area contributed by atoms with Gasteiger partial charge in [0.2, 0.25) is 17.7 Å². The van der Waals surface area contributed by atoms with Gasteiger partial charge in [0.15, 0.2) is 0 Å². The summed E-state index contributed by atoms with van der Waals surface area (Å²) in [6, 6.07) is 16.2. The van der Waals surface area contributed by atoms with Crippen molar-refractivity contribution in [2.24, 2.45) is 11.8 Å². The second kappa shape index (κ2) is 13.1. The zero-order valence-corrected chi connectivity index (χ0v) is 27.4. The smallest absolute Gasteiger partial charge is 0.248 e. The van der Waals surface area contributed by atoms with Crippen LogP contribution < -0.4 is 4.90 Å². The van der Waals surface area contributed by atoms with E-state index in [1.807, 2.05) is 54.6 Å². The Labute approximate surface area is 275 Å². The van der Waals surface area contributed by atoms with Crippen LogP contribution in [-0.4, -0.2) is 94.7 Å². The Bertz CT molecular complexity index is 1600. The highest BCUT2D eigenvalue weighted by Gasteiger charge is 2.76. The molecule has 0 radical (unpaired) electrons. The lowest BCUT2D eigenvalue weighted by Gasteiger charge is -2.38. The minimum Gasteiger partial charge on any atom is -0.396 e. The number of aliphatic hydroxyl groups is 1. The quantitative estimate of drug-likeness (QED) is 0.165. The Kier molecular flexibility index (Phi) is 9.17. The van der Waals surface area contributed by atoms with E-state index in [2.05, 4.69) is 39.4 Å². The van der Waals surface area contributed by atoms with Crippen molar-refractivity contribution in [1.29, 1.82) is 0 Å². The highest BCUT2D eigenvalue weighted by molar-refractivity contribution is 9.09. The molecule has 4 heterocycles. The van der Waals surface area contributed by atoms with Gasteiger partial charge in [0.25, 0.3) is 0 Å². The zero-order chi connectivity index (χ0) is 31.7. The average molecular weight is 694 g/mol. The van der Waals surface area contributed by atoms with Crippen LogP contribution in [-0.2, 0) is 21.1 Å². The molecule has 10 nitrogen and oxygen atoms in total. The molecule has 3 amide bonds. The number of carbonyl (C=O) groups is 3. The predicted molar refractivity (Wildman–Crippen MR) is 179 cm³/mol. The van der Waals surface area contributed by atoms with Crippen LogP contribution in [0.2, 0.25) is 0 Å². The zero-order valence-electron chi connectivity index (χ0n) is 25.0. The first-order chi connectivity index (χ1) is 21.9. The van der Waals surface area contributed by atoms with Gasteiger partial charge in [-0.15, -0.1) is 30.0 Å². The summed E-state index contributed by atoms with van der Waals surface area (Å²) >= 11 is 5.48. The number of alkyl halides is 1. The van der Waals surface area contributed by atoms with Gasteiger partial charge in [-0.2, -0.15) is 0 Å². The van der Waals surface area contributed by atoms with E-state index in [4.69, 9.17) is 0 Å². The molecule has 2 bridgehead atoms. The molecule has 0 aliphatic carbocycles. The van der Waals surface area contributed by atoms with Crippen molar-refractivity contribution in [3.63, 3.8) is 0 Å². The van der Waals surface area contributed by atoms with E-state index >= 15 is 0 Å². The number of aliphatic hydroxyl groups excluding tert-OH is 1. The molecule has 6 rings (SSSR count). The Morgan fingerprint density at radius 1 is 1.07 bits per heavy atom. The maximum absolute atomic E-state index is 14.8. The van der Waals surface area contributed by atoms with E-state index in [1.165, 1.54) is 0 Å². The summed E-state index contributed by atoms with van der Waals surface area (Å²) < 4.78 is 0.886. The number of rotatable bonds is 13. The first kappa shape index (κ1) is 31.5. The molecule has 0 saturated carbocycles. The van der Waals surface area contributed by atoms with Crippen molar-refractivity contribution in [2.75, 3.05) is 31.1 Å². The van der Waals surface area contributed by atoms with Crippen LogP contribution in [0.4, 0.5) is 5.69 Å². The SMILES string of the molecule is C=CCN(Cn1nnc2ccccc21)C(=O)C1N(CCCCO)C(=O)[C@@H]2[C@@H](C(=O)N(CC=C)c3ccccc3)[C@@H]3SC12CC3Br. The molecule has 3 aromatic rings. The van der Waals surface area contributed by atoms with Gasteiger partial charge in [-0.05, 0) is 43.5 Å². The number of thioether (sulfide) groups is 1. The summed E-state index contributed by atoms with van der Waals surface area (Å²) in [5.41, 5.74) is 2.26. The minimum atomic E-state index is -0.799. The monoisotopic (exact) mass is 692 g/mol. The van der Waals surface area contributed by atoms with Crippen molar-refractivity contribution in [2.45, 2.75) is 46.8 Å². The average Bonchev–Trinajstić information content (AvgIpc) is 3.77. The van der Waals surface area contributed by atoms with E-state index < -0.39 is 22.6 Å². The van der Waals surface area contributed by atoms with Gasteiger partial charge in [-0.25, -0.2) is 4.68 Å². The van der Waals surface area contributed by atoms with E-state index in [9.17, 15) is 19.5 Å². The second-order valence-electron chi connectivity index (χ2n) is 11.8. The summed E-state index contributed by atoms with van der Waals surface area (Å²) in [5, 5.41) is 17.9. The van der Waals surface area contributed by atoms with Gasteiger partial charge >= 0.3 is 0 Å². The molecule has 3 aliphatic heterocycles. The number of nitrogens with zero attached hydrogens (tertiary/aromatic N) is 6. The van der Waals surface area contributed by atoms with Gasteiger partial charge < -0.3 is 19.8 Å². The van der Waals surface area contributed by atoms with Crippen LogP contribution in [0, 0.1) is 11.8 Å². The molecular weight excluding hydrogens is 656 g/mol. The van der Waals surface area contributed by atoms with Gasteiger partial charge in [0.05, 0.1) is 22.1 Å². The lowest BCUT2D eigenvalue weighted by Crippen LogP contribution is -2.56. The first-order valence-corrected chi connectivity index (χ1v) is 17.0. The molecular formula is C33H37BrN6O4S. The van der Waals surface area contributed by atoms with E-state index in [-0.39, 0.29) is 47.6 Å². The van der Waals surface area contributed by atoms with E-state index in [1.54, 1.807) is 43.3 Å². The van der Waals surface area contributed by atoms with Crippen molar-refractivity contribution in [1.82, 2.24) is 24.8 Å². The van der Waals surface area contributed by atoms with Crippen LogP contribution in [0.25, 0.3) is 11.0 Å². The normalized spacial score (nSPS) is 26.7. The van der Waals surface area contributed by atoms with E-state index in [0.29, 0.717) is 32.4 Å². The van der Waals surface area contributed by atoms with Gasteiger partial charge in [0, 0.05) is 42.0 Å². The molecule has 1 spiro atoms. The topological polar surface area (TPSA) is 112 Å². The molecule has 1 aromatic heterocycles. The third kappa shape index (κ3) is 5.40. The number of anilines is 1. The van der Waals surface area contributed by atoms with Crippen LogP contribution in [0.5, 0.6) is 0 Å². The Balaban J connectivity index is 1.38. The fourth-order valence-corrected chi connectivity index (χ4v) is 10.9. The van der Waals surface area contributed by atoms with Crippen LogP contribution in [0.1, 0.15) is 19.3 Å². The Morgan fingerprint density at radius 2 is 1.80 bits per heavy atom. The highest BCUT2D eigenvalue weighted by Crippen LogP contribution is 2.68. The summed E-state index contributed by atoms with van der Waals surface area (Å²) in [6.07, 6.45) is 4.99. The third-order valence-corrected chi connectivity index (χ3v) is 12.4. The minimum absolute atomic E-state index is 0.00776. The number of likely N-dealkylation sites (tertiary alicyclic amines) is 1. The van der Waals surface area contributed by atoms with Crippen molar-refractivity contribution in [3.8, 4) is 0 Å². The van der Waals surface area contributed by atoms with Crippen molar-refractivity contribution < 1.29 is 19.5 Å². The molecule has 1 N–H and O–H groups in total. The summed E-state index contributed by atoms with van der Waals surface area (Å²) in [4.78, 5) is 48.8. The van der Waals surface area contributed by atoms with Gasteiger partial charge in [0.1, 0.15) is 18.2 Å². The number of hydrogen-bond acceptors (Lipinski definition) is 7. The number of amides is 3. The number of benzene rings is 2. The molecule has 3 unspecified atom stereocenters. The number of hydrogen-bond donors (Lipinski definition) is 1. The molecule has 6 atom stereocenters. The molecule has 3 saturated heterocycles. The molecule has 3 aliphatic rings. The van der Waals surface area contributed by atoms with Gasteiger partial charge in [-0.3, -0.25) is 14.4 Å².